The maximum Gasteiger partial charge on any atom is 1.00 e. The van der Waals surface area contributed by atoms with Crippen molar-refractivity contribution in [2.75, 3.05) is 11.4 Å². The number of aromatic carboxylic acids is 1. The Labute approximate surface area is 431 Å². The summed E-state index contributed by atoms with van der Waals surface area (Å²) in [6, 6.07) is 11.1. The van der Waals surface area contributed by atoms with Gasteiger partial charge in [0.05, 0.1) is 38.5 Å². The Morgan fingerprint density at radius 2 is 1.15 bits per heavy atom. The summed E-state index contributed by atoms with van der Waals surface area (Å²) in [7, 11) is -18.6. The van der Waals surface area contributed by atoms with Gasteiger partial charge in [0.2, 0.25) is 0 Å². The first-order chi connectivity index (χ1) is 25.8. The van der Waals surface area contributed by atoms with Gasteiger partial charge in [-0.15, -0.1) is 10.2 Å². The number of sulfonamides is 1. The number of fused-ring (bicyclic) bond motifs is 1. The van der Waals surface area contributed by atoms with Crippen molar-refractivity contribution in [1.29, 1.82) is 0 Å². The third kappa shape index (κ3) is 12.4. The molecule has 0 saturated carbocycles. The zero-order chi connectivity index (χ0) is 41.7. The Bertz CT molecular complexity index is 3030. The number of azo groups is 2. The van der Waals surface area contributed by atoms with Gasteiger partial charge in [-0.05, 0) is 102 Å². The van der Waals surface area contributed by atoms with Crippen LogP contribution in [0.3, 0.4) is 0 Å². The first kappa shape index (κ1) is 56.1. The SMILES string of the molecule is Cc1cc(N=Nc2c(S(=O)(=O)O)cc3cc(N(C)S(=O)(=O)c4ccc([O-])c(C(=O)[O-])c4)ccc3c2[O-])c(C)cc1N=Nc1cc(S(=O)(=O)[O-])ccc1S(=O)(=O)O.[Na+].[Na+].[Na+].[Na+]. The van der Waals surface area contributed by atoms with Crippen molar-refractivity contribution >= 4 is 85.6 Å². The molecule has 60 heavy (non-hydrogen) atoms. The van der Waals surface area contributed by atoms with E-state index in [4.69, 9.17) is 0 Å². The molecule has 5 aromatic rings. The second kappa shape index (κ2) is 21.2. The summed E-state index contributed by atoms with van der Waals surface area (Å²) >= 11 is 0. The van der Waals surface area contributed by atoms with Crippen molar-refractivity contribution in [1.82, 2.24) is 0 Å². The van der Waals surface area contributed by atoms with E-state index in [1.54, 1.807) is 0 Å². The number of carbonyl (C=O) groups excluding carboxylic acids is 1. The van der Waals surface area contributed by atoms with E-state index >= 15 is 0 Å². The predicted octanol–water partition coefficient (Wildman–Crippen LogP) is -8.96. The summed E-state index contributed by atoms with van der Waals surface area (Å²) in [4.78, 5) is 8.00. The number of hydrogen-bond donors (Lipinski definition) is 2. The topological polar surface area (TPSA) is 339 Å². The molecule has 28 heteroatoms. The van der Waals surface area contributed by atoms with Gasteiger partial charge in [0.15, 0.2) is 0 Å². The van der Waals surface area contributed by atoms with Crippen molar-refractivity contribution in [3.8, 4) is 11.5 Å². The standard InChI is InChI=1S/C32H27N5O15S4.4Na/c1-16-11-25(17(2)10-24(16)33-35-26-15-21(54(44,45)46)6-9-28(26)55(47,48)49)34-36-30-29(56(50,51)52)13-18-12-19(4-7-22(18)31(30)39)37(3)53(42,43)20-5-8-27(38)23(14-20)32(40)41;;;;/h4-15,38-39H,1-3H3,(H,40,41)(H,44,45,46)(H,47,48,49)(H,50,51,52);;;;/q;4*+1/p-4. The van der Waals surface area contributed by atoms with E-state index in [1.807, 2.05) is 0 Å². The molecule has 0 radical (unpaired) electrons. The largest absolute Gasteiger partial charge is 1.00 e. The smallest absolute Gasteiger partial charge is 0.872 e. The quantitative estimate of drug-likeness (QED) is 0.0706. The summed E-state index contributed by atoms with van der Waals surface area (Å²) in [5, 5.41) is 51.7. The number of rotatable bonds is 11. The number of nitrogens with zero attached hydrogens (tertiary/aromatic N) is 5. The van der Waals surface area contributed by atoms with Crippen LogP contribution in [0.5, 0.6) is 11.5 Å². The van der Waals surface area contributed by atoms with Crippen LogP contribution in [0.2, 0.25) is 0 Å². The molecule has 0 heterocycles. The van der Waals surface area contributed by atoms with E-state index in [0.717, 1.165) is 37.4 Å². The van der Waals surface area contributed by atoms with Crippen LogP contribution in [0.4, 0.5) is 28.4 Å². The molecule has 20 nitrogen and oxygen atoms in total. The second-order valence-electron chi connectivity index (χ2n) is 11.7. The van der Waals surface area contributed by atoms with Crippen molar-refractivity contribution in [3.63, 3.8) is 0 Å². The van der Waals surface area contributed by atoms with E-state index in [0.29, 0.717) is 28.6 Å². The Balaban J connectivity index is 0.00000450. The predicted molar refractivity (Wildman–Crippen MR) is 188 cm³/mol. The van der Waals surface area contributed by atoms with Gasteiger partial charge in [-0.1, -0.05) is 23.6 Å². The molecule has 0 aromatic heterocycles. The average Bonchev–Trinajstić information content (AvgIpc) is 3.09. The normalized spacial score (nSPS) is 12.0. The zero-order valence-electron chi connectivity index (χ0n) is 32.5. The van der Waals surface area contributed by atoms with Gasteiger partial charge in [-0.25, -0.2) is 16.8 Å². The van der Waals surface area contributed by atoms with E-state index in [1.165, 1.54) is 32.0 Å². The van der Waals surface area contributed by atoms with Gasteiger partial charge in [0.1, 0.15) is 25.6 Å². The first-order valence-corrected chi connectivity index (χ1v) is 20.8. The molecule has 294 valence electrons. The van der Waals surface area contributed by atoms with E-state index in [-0.39, 0.29) is 157 Å². The van der Waals surface area contributed by atoms with Crippen molar-refractivity contribution in [2.24, 2.45) is 20.5 Å². The fraction of sp³-hybridized carbons (Fsp3) is 0.0938. The van der Waals surface area contributed by atoms with Gasteiger partial charge >= 0.3 is 118 Å². The minimum absolute atomic E-state index is 0. The number of aryl methyl sites for hydroxylation is 2. The number of carboxylic acid groups (broad SMARTS) is 1. The number of anilines is 1. The van der Waals surface area contributed by atoms with Gasteiger partial charge in [-0.3, -0.25) is 13.4 Å². The molecule has 0 aliphatic carbocycles. The monoisotopic (exact) mass is 937 g/mol. The van der Waals surface area contributed by atoms with Gasteiger partial charge in [-0.2, -0.15) is 27.1 Å². The summed E-state index contributed by atoms with van der Waals surface area (Å²) in [5.74, 6) is -3.94. The number of carbonyl (C=O) groups is 1. The number of benzene rings is 5. The van der Waals surface area contributed by atoms with Crippen molar-refractivity contribution < 1.29 is 186 Å². The number of carboxylic acids is 1. The van der Waals surface area contributed by atoms with E-state index in [9.17, 15) is 67.4 Å². The molecule has 5 aromatic carbocycles. The van der Waals surface area contributed by atoms with Crippen LogP contribution in [0, 0.1) is 13.8 Å². The van der Waals surface area contributed by atoms with Gasteiger partial charge < -0.3 is 24.7 Å². The van der Waals surface area contributed by atoms with Crippen LogP contribution in [-0.2, 0) is 40.4 Å². The van der Waals surface area contributed by atoms with Crippen molar-refractivity contribution in [3.05, 3.63) is 89.5 Å². The zero-order valence-corrected chi connectivity index (χ0v) is 43.8. The molecule has 0 atom stereocenters. The van der Waals surface area contributed by atoms with Crippen LogP contribution in [0.15, 0.2) is 113 Å². The third-order valence-electron chi connectivity index (χ3n) is 8.02. The Hall–Kier alpha value is -1.89. The molecule has 0 saturated heterocycles. The van der Waals surface area contributed by atoms with Crippen LogP contribution in [-0.4, -0.2) is 60.3 Å². The van der Waals surface area contributed by atoms with Crippen LogP contribution in [0.25, 0.3) is 10.8 Å². The fourth-order valence-electron chi connectivity index (χ4n) is 5.10. The van der Waals surface area contributed by atoms with Gasteiger partial charge in [0.25, 0.3) is 30.3 Å². The van der Waals surface area contributed by atoms with E-state index in [2.05, 4.69) is 20.5 Å². The summed E-state index contributed by atoms with van der Waals surface area (Å²) < 4.78 is 130. The first-order valence-electron chi connectivity index (χ1n) is 15.1. The average molecular weight is 938 g/mol. The molecule has 0 aliphatic rings. The molecule has 0 spiro atoms. The molecule has 0 amide bonds. The maximum atomic E-state index is 13.6. The number of hydrogen-bond acceptors (Lipinski definition) is 17. The molecule has 0 aliphatic heterocycles. The minimum atomic E-state index is -5.18. The molecule has 0 bridgehead atoms. The van der Waals surface area contributed by atoms with Crippen LogP contribution >= 0.6 is 0 Å². The molecule has 2 N–H and O–H groups in total. The molecule has 5 rings (SSSR count). The van der Waals surface area contributed by atoms with Crippen LogP contribution in [0.1, 0.15) is 21.5 Å². The van der Waals surface area contributed by atoms with Crippen molar-refractivity contribution in [2.45, 2.75) is 33.4 Å². The summed E-state index contributed by atoms with van der Waals surface area (Å²) in [6.07, 6.45) is 0. The molecular formula is C32H23N5Na4O15S4. The maximum absolute atomic E-state index is 13.6. The fourth-order valence-corrected chi connectivity index (χ4v) is 8.06. The summed E-state index contributed by atoms with van der Waals surface area (Å²) in [5.41, 5.74) is -1.92. The van der Waals surface area contributed by atoms with E-state index < -0.39 is 94.4 Å². The third-order valence-corrected chi connectivity index (χ3v) is 12.4. The Morgan fingerprint density at radius 3 is 1.67 bits per heavy atom. The Kier molecular flexibility index (Phi) is 19.8. The minimum Gasteiger partial charge on any atom is -0.872 e. The van der Waals surface area contributed by atoms with Crippen LogP contribution < -0.4 is 138 Å². The molecule has 0 fully saturated rings. The summed E-state index contributed by atoms with van der Waals surface area (Å²) in [6.45, 7) is 2.95. The second-order valence-corrected chi connectivity index (χ2v) is 17.9. The Morgan fingerprint density at radius 1 is 0.633 bits per heavy atom. The molecular weight excluding hydrogens is 915 g/mol. The molecule has 0 unspecified atom stereocenters. The van der Waals surface area contributed by atoms with Gasteiger partial charge in [0, 0.05) is 7.05 Å².